The normalized spacial score (nSPS) is 13.4. The van der Waals surface area contributed by atoms with E-state index in [4.69, 9.17) is 0 Å². The maximum absolute atomic E-state index is 11.4. The van der Waals surface area contributed by atoms with Gasteiger partial charge >= 0.3 is 0 Å². The minimum absolute atomic E-state index is 0.250. The van der Waals surface area contributed by atoms with Gasteiger partial charge in [-0.15, -0.1) is 0 Å². The molecule has 1 aromatic carbocycles. The highest BCUT2D eigenvalue weighted by Gasteiger charge is 2.13. The van der Waals surface area contributed by atoms with Crippen LogP contribution < -0.4 is 0 Å². The zero-order valence-electron chi connectivity index (χ0n) is 11.7. The van der Waals surface area contributed by atoms with Crippen LogP contribution in [0, 0.1) is 13.8 Å². The first kappa shape index (κ1) is 14.7. The third-order valence-corrected chi connectivity index (χ3v) is 4.27. The molecule has 6 heteroatoms. The Kier molecular flexibility index (Phi) is 3.96. The highest BCUT2D eigenvalue weighted by Crippen LogP contribution is 2.18. The van der Waals surface area contributed by atoms with Crippen molar-refractivity contribution in [2.45, 2.75) is 31.4 Å². The topological polar surface area (TPSA) is 72.2 Å². The quantitative estimate of drug-likeness (QED) is 0.930. The lowest BCUT2D eigenvalue weighted by Crippen LogP contribution is -2.11. The second-order valence-electron chi connectivity index (χ2n) is 4.97. The number of rotatable bonds is 4. The number of hydrogen-bond acceptors (Lipinski definition) is 4. The van der Waals surface area contributed by atoms with Crippen molar-refractivity contribution in [3.63, 3.8) is 0 Å². The van der Waals surface area contributed by atoms with E-state index in [0.717, 1.165) is 17.6 Å². The molecule has 0 fully saturated rings. The molecule has 20 heavy (non-hydrogen) atoms. The molecule has 0 spiro atoms. The molecule has 0 unspecified atom stereocenters. The van der Waals surface area contributed by atoms with Crippen LogP contribution in [0.3, 0.4) is 0 Å². The van der Waals surface area contributed by atoms with Gasteiger partial charge < -0.3 is 5.11 Å². The molecule has 1 aromatic heterocycles. The predicted octanol–water partition coefficient (Wildman–Crippen LogP) is 1.64. The van der Waals surface area contributed by atoms with Crippen molar-refractivity contribution >= 4 is 9.84 Å². The molecule has 2 rings (SSSR count). The van der Waals surface area contributed by atoms with E-state index in [1.165, 1.54) is 12.1 Å². The Hall–Kier alpha value is -1.66. The van der Waals surface area contributed by atoms with Gasteiger partial charge in [0.05, 0.1) is 23.2 Å². The first-order chi connectivity index (χ1) is 9.27. The third-order valence-electron chi connectivity index (χ3n) is 3.14. The predicted molar refractivity (Wildman–Crippen MR) is 76.2 cm³/mol. The molecule has 0 aliphatic heterocycles. The Labute approximate surface area is 118 Å². The van der Waals surface area contributed by atoms with E-state index >= 15 is 0 Å². The molecule has 1 N–H and O–H groups in total. The smallest absolute Gasteiger partial charge is 0.175 e. The fourth-order valence-electron chi connectivity index (χ4n) is 2.07. The number of sulfone groups is 1. The van der Waals surface area contributed by atoms with Gasteiger partial charge in [-0.05, 0) is 37.6 Å². The maximum atomic E-state index is 11.4. The minimum atomic E-state index is -3.21. The summed E-state index contributed by atoms with van der Waals surface area (Å²) in [5.74, 6) is 0. The molecule has 5 nitrogen and oxygen atoms in total. The van der Waals surface area contributed by atoms with Gasteiger partial charge in [-0.3, -0.25) is 4.68 Å². The Morgan fingerprint density at radius 2 is 1.85 bits per heavy atom. The van der Waals surface area contributed by atoms with Crippen molar-refractivity contribution < 1.29 is 13.5 Å². The summed E-state index contributed by atoms with van der Waals surface area (Å²) >= 11 is 0. The third kappa shape index (κ3) is 3.26. The second kappa shape index (κ2) is 5.38. The molecule has 1 heterocycles. The van der Waals surface area contributed by atoms with Gasteiger partial charge in [0.1, 0.15) is 0 Å². The van der Waals surface area contributed by atoms with Crippen LogP contribution in [0.15, 0.2) is 35.2 Å². The molecule has 2 aromatic rings. The summed E-state index contributed by atoms with van der Waals surface area (Å²) in [5, 5.41) is 14.5. The molecule has 0 radical (unpaired) electrons. The minimum Gasteiger partial charge on any atom is -0.386 e. The average molecular weight is 294 g/mol. The monoisotopic (exact) mass is 294 g/mol. The second-order valence-corrected chi connectivity index (χ2v) is 6.98. The summed E-state index contributed by atoms with van der Waals surface area (Å²) in [7, 11) is -3.21. The molecule has 0 amide bonds. The Bertz CT molecular complexity index is 703. The molecule has 0 aliphatic rings. The van der Waals surface area contributed by atoms with E-state index in [1.54, 1.807) is 16.8 Å². The fourth-order valence-corrected chi connectivity index (χ4v) is 2.70. The summed E-state index contributed by atoms with van der Waals surface area (Å²) in [6.45, 7) is 4.17. The van der Waals surface area contributed by atoms with Crippen LogP contribution in [-0.4, -0.2) is 29.6 Å². The van der Waals surface area contributed by atoms with E-state index < -0.39 is 15.9 Å². The zero-order chi connectivity index (χ0) is 14.9. The molecule has 0 saturated carbocycles. The lowest BCUT2D eigenvalue weighted by Gasteiger charge is -2.13. The number of benzene rings is 1. The van der Waals surface area contributed by atoms with Crippen LogP contribution in [-0.2, 0) is 16.4 Å². The molecule has 0 saturated heterocycles. The standard InChI is InChI=1S/C14H18N2O3S/c1-10-8-11(2)16(15-10)9-14(17)12-4-6-13(7-5-12)20(3,18)19/h4-8,14,17H,9H2,1-3H3/t14-/m0/s1. The van der Waals surface area contributed by atoms with Gasteiger partial charge in [0.2, 0.25) is 0 Å². The molecular formula is C14H18N2O3S. The van der Waals surface area contributed by atoms with Crippen LogP contribution in [0.2, 0.25) is 0 Å². The average Bonchev–Trinajstić information content (AvgIpc) is 2.67. The summed E-state index contributed by atoms with van der Waals surface area (Å²) < 4.78 is 24.5. The first-order valence-electron chi connectivity index (χ1n) is 6.26. The van der Waals surface area contributed by atoms with Crippen molar-refractivity contribution in [1.29, 1.82) is 0 Å². The van der Waals surface area contributed by atoms with Gasteiger partial charge in [0.25, 0.3) is 0 Å². The summed E-state index contributed by atoms with van der Waals surface area (Å²) in [5.41, 5.74) is 2.56. The van der Waals surface area contributed by atoms with Crippen molar-refractivity contribution in [2.24, 2.45) is 0 Å². The van der Waals surface area contributed by atoms with E-state index in [2.05, 4.69) is 5.10 Å². The lowest BCUT2D eigenvalue weighted by atomic mass is 10.1. The number of aryl methyl sites for hydroxylation is 2. The SMILES string of the molecule is Cc1cc(C)n(C[C@H](O)c2ccc(S(C)(=O)=O)cc2)n1. The highest BCUT2D eigenvalue weighted by atomic mass is 32.2. The summed E-state index contributed by atoms with van der Waals surface area (Å²) in [6.07, 6.45) is 0.440. The number of hydrogen-bond donors (Lipinski definition) is 1. The molecular weight excluding hydrogens is 276 g/mol. The zero-order valence-corrected chi connectivity index (χ0v) is 12.6. The Balaban J connectivity index is 2.17. The molecule has 0 aliphatic carbocycles. The van der Waals surface area contributed by atoms with Gasteiger partial charge in [0, 0.05) is 11.9 Å². The van der Waals surface area contributed by atoms with Gasteiger partial charge in [0.15, 0.2) is 9.84 Å². The van der Waals surface area contributed by atoms with Gasteiger partial charge in [-0.2, -0.15) is 5.10 Å². The highest BCUT2D eigenvalue weighted by molar-refractivity contribution is 7.90. The van der Waals surface area contributed by atoms with Crippen LogP contribution in [0.5, 0.6) is 0 Å². The van der Waals surface area contributed by atoms with Crippen LogP contribution in [0.25, 0.3) is 0 Å². The fraction of sp³-hybridized carbons (Fsp3) is 0.357. The largest absolute Gasteiger partial charge is 0.386 e. The number of aromatic nitrogens is 2. The van der Waals surface area contributed by atoms with E-state index in [1.807, 2.05) is 19.9 Å². The lowest BCUT2D eigenvalue weighted by molar-refractivity contribution is 0.150. The van der Waals surface area contributed by atoms with Crippen molar-refractivity contribution in [2.75, 3.05) is 6.26 Å². The Morgan fingerprint density at radius 1 is 1.25 bits per heavy atom. The molecule has 108 valence electrons. The van der Waals surface area contributed by atoms with Crippen LogP contribution >= 0.6 is 0 Å². The van der Waals surface area contributed by atoms with Gasteiger partial charge in [-0.25, -0.2) is 8.42 Å². The first-order valence-corrected chi connectivity index (χ1v) is 8.15. The van der Waals surface area contributed by atoms with Crippen molar-refractivity contribution in [1.82, 2.24) is 9.78 Å². The van der Waals surface area contributed by atoms with Crippen LogP contribution in [0.4, 0.5) is 0 Å². The number of nitrogens with zero attached hydrogens (tertiary/aromatic N) is 2. The van der Waals surface area contributed by atoms with Crippen molar-refractivity contribution in [3.8, 4) is 0 Å². The molecule has 1 atom stereocenters. The number of aliphatic hydroxyl groups is 1. The molecule has 0 bridgehead atoms. The Morgan fingerprint density at radius 3 is 2.30 bits per heavy atom. The summed E-state index contributed by atoms with van der Waals surface area (Å²) in [4.78, 5) is 0.250. The summed E-state index contributed by atoms with van der Waals surface area (Å²) in [6, 6.07) is 8.23. The van der Waals surface area contributed by atoms with E-state index in [0.29, 0.717) is 12.1 Å². The maximum Gasteiger partial charge on any atom is 0.175 e. The van der Waals surface area contributed by atoms with E-state index in [-0.39, 0.29) is 4.90 Å². The van der Waals surface area contributed by atoms with Crippen molar-refractivity contribution in [3.05, 3.63) is 47.3 Å². The van der Waals surface area contributed by atoms with Gasteiger partial charge in [-0.1, -0.05) is 12.1 Å². The van der Waals surface area contributed by atoms with E-state index in [9.17, 15) is 13.5 Å². The number of aliphatic hydroxyl groups excluding tert-OH is 1. The van der Waals surface area contributed by atoms with Crippen LogP contribution in [0.1, 0.15) is 23.1 Å².